The summed E-state index contributed by atoms with van der Waals surface area (Å²) in [7, 11) is 0. The summed E-state index contributed by atoms with van der Waals surface area (Å²) < 4.78 is 83.5. The molecule has 0 radical (unpaired) electrons. The van der Waals surface area contributed by atoms with Gasteiger partial charge in [-0.3, -0.25) is 0 Å². The number of hydrogen-bond donors (Lipinski definition) is 0. The van der Waals surface area contributed by atoms with Crippen LogP contribution in [0.2, 0.25) is 0 Å². The zero-order valence-corrected chi connectivity index (χ0v) is 56.5. The molecule has 0 spiro atoms. The van der Waals surface area contributed by atoms with E-state index in [9.17, 15) is 11.0 Å². The average Bonchev–Trinajstić information content (AvgIpc) is 0.655. The van der Waals surface area contributed by atoms with Crippen LogP contribution in [0.15, 0.2) is 333 Å². The van der Waals surface area contributed by atoms with Gasteiger partial charge >= 0.3 is 0 Å². The first kappa shape index (κ1) is 50.6. The first-order valence-corrected chi connectivity index (χ1v) is 35.4. The molecule has 6 nitrogen and oxygen atoms in total. The van der Waals surface area contributed by atoms with Gasteiger partial charge in [0, 0.05) is 73.9 Å². The lowest BCUT2D eigenvalue weighted by molar-refractivity contribution is 0.478. The van der Waals surface area contributed by atoms with Crippen LogP contribution in [0.4, 0.5) is 85.3 Å². The van der Waals surface area contributed by atoms with Crippen LogP contribution in [0.25, 0.3) is 44.5 Å². The van der Waals surface area contributed by atoms with Gasteiger partial charge in [0.25, 0.3) is 20.1 Å². The quantitative estimate of drug-likeness (QED) is 0.141. The van der Waals surface area contributed by atoms with Crippen molar-refractivity contribution in [3.05, 3.63) is 339 Å². The Bertz CT molecular complexity index is 6530. The number of ether oxygens (including phenoxy) is 1. The van der Waals surface area contributed by atoms with E-state index in [1.807, 2.05) is 72.8 Å². The van der Waals surface area contributed by atoms with E-state index in [4.69, 9.17) is 4.74 Å². The third kappa shape index (κ3) is 8.48. The van der Waals surface area contributed by atoms with Crippen molar-refractivity contribution in [2.24, 2.45) is 0 Å². The van der Waals surface area contributed by atoms with E-state index in [0.717, 1.165) is 162 Å². The monoisotopic (exact) mass is 1320 g/mol. The molecule has 0 saturated heterocycles. The summed E-state index contributed by atoms with van der Waals surface area (Å²) in [6, 6.07) is 99.0. The molecule has 0 unspecified atom stereocenters. The average molecular weight is 1320 g/mol. The van der Waals surface area contributed by atoms with Gasteiger partial charge in [0.15, 0.2) is 11.5 Å². The molecule has 7 aliphatic heterocycles. The molecule has 0 atom stereocenters. The molecule has 0 amide bonds. The van der Waals surface area contributed by atoms with E-state index in [2.05, 4.69) is 233 Å². The Balaban J connectivity index is 0.918. The lowest BCUT2D eigenvalue weighted by Crippen LogP contribution is -2.69. The smallest absolute Gasteiger partial charge is 0.252 e. The van der Waals surface area contributed by atoms with Gasteiger partial charge in [-0.2, -0.15) is 0 Å². The first-order chi connectivity index (χ1) is 53.9. The molecule has 15 aromatic rings. The maximum atomic E-state index is 9.68. The van der Waals surface area contributed by atoms with Crippen molar-refractivity contribution in [1.82, 2.24) is 0 Å². The summed E-state index contributed by atoms with van der Waals surface area (Å²) in [5.74, 6) is 1.39. The molecule has 15 aromatic carbocycles. The fourth-order valence-electron chi connectivity index (χ4n) is 18.0. The highest BCUT2D eigenvalue weighted by Crippen LogP contribution is 2.58. The number of fused-ring (bicyclic) bond motifs is 10. The molecule has 0 bridgehead atoms. The molecular weight excluding hydrogens is 1250 g/mol. The minimum atomic E-state index is -0.572. The second-order valence-electron chi connectivity index (χ2n) is 28.9. The van der Waals surface area contributed by atoms with Crippen LogP contribution < -0.4 is 78.4 Å². The first-order valence-electron chi connectivity index (χ1n) is 39.4. The molecule has 0 fully saturated rings. The third-order valence-corrected chi connectivity index (χ3v) is 22.3. The number of benzene rings is 15. The second-order valence-corrected chi connectivity index (χ2v) is 28.9. The molecule has 480 valence electrons. The summed E-state index contributed by atoms with van der Waals surface area (Å²) >= 11 is 0. The fraction of sp³-hybridized carbons (Fsp3) is 0.0426. The Labute approximate surface area is 612 Å². The van der Waals surface area contributed by atoms with Crippen molar-refractivity contribution in [3.63, 3.8) is 0 Å². The number of hydrogen-bond acceptors (Lipinski definition) is 6. The Hall–Kier alpha value is -12.7. The predicted molar refractivity (Wildman–Crippen MR) is 434 cm³/mol. The van der Waals surface area contributed by atoms with Crippen LogP contribution in [0.3, 0.4) is 0 Å². The Kier molecular flexibility index (Phi) is 10.8. The van der Waals surface area contributed by atoms with E-state index >= 15 is 0 Å². The van der Waals surface area contributed by atoms with E-state index in [1.54, 1.807) is 24.3 Å². The van der Waals surface area contributed by atoms with E-state index in [-0.39, 0.29) is 48.3 Å². The van der Waals surface area contributed by atoms with Crippen LogP contribution in [-0.4, -0.2) is 20.1 Å². The van der Waals surface area contributed by atoms with Gasteiger partial charge in [-0.25, -0.2) is 0 Å². The van der Waals surface area contributed by atoms with Crippen molar-refractivity contribution < 1.29 is 15.7 Å². The van der Waals surface area contributed by atoms with Gasteiger partial charge < -0.3 is 29.2 Å². The van der Waals surface area contributed by atoms with Gasteiger partial charge in [-0.1, -0.05) is 257 Å². The Morgan fingerprint density at radius 3 is 0.951 bits per heavy atom. The van der Waals surface area contributed by atoms with Crippen LogP contribution in [0.5, 0.6) is 11.5 Å². The molecule has 0 aromatic heterocycles. The SMILES string of the molecule is [2H]c1cc([2H])cc(N2c3ccc(-c4ccccc4)cc3B3c4cc5c(cc4N(c4cc([2H])cc([2H])c4)c4cc(C(C)(C)C)cc2c43)N(c2cc([2H])cc([2H])c2)c2cc3c4c6c2B5c2cc(-c5ccccc5)cc5c2N6c2c(cc(-c6ccccc6)cc2B4c2cc(-c4ccccc4)ccc2N3c2cc([2H])cc([2H])c2)O5)c1. The molecule has 9 heteroatoms. The van der Waals surface area contributed by atoms with Gasteiger partial charge in [0.1, 0.15) is 0 Å². The molecule has 22 rings (SSSR count). The molecule has 0 aliphatic carbocycles. The summed E-state index contributed by atoms with van der Waals surface area (Å²) in [5, 5.41) is 0. The van der Waals surface area contributed by atoms with Crippen molar-refractivity contribution in [2.45, 2.75) is 26.2 Å². The number of para-hydroxylation sites is 4. The third-order valence-electron chi connectivity index (χ3n) is 22.3. The predicted octanol–water partition coefficient (Wildman–Crippen LogP) is 18.5. The summed E-state index contributed by atoms with van der Waals surface area (Å²) in [4.78, 5) is 11.6. The summed E-state index contributed by atoms with van der Waals surface area (Å²) in [6.07, 6.45) is 0. The highest BCUT2D eigenvalue weighted by molar-refractivity contribution is 7.06. The second kappa shape index (κ2) is 21.9. The molecule has 0 N–H and O–H groups in total. The van der Waals surface area contributed by atoms with Crippen LogP contribution in [0, 0.1) is 0 Å². The highest BCUT2D eigenvalue weighted by Gasteiger charge is 2.56. The lowest BCUT2D eigenvalue weighted by Gasteiger charge is -2.53. The molecule has 7 aliphatic rings. The molecule has 0 saturated carbocycles. The normalized spacial score (nSPS) is 15.0. The van der Waals surface area contributed by atoms with Crippen LogP contribution in [0.1, 0.15) is 37.3 Å². The Morgan fingerprint density at radius 2 is 0.573 bits per heavy atom. The maximum absolute atomic E-state index is 9.68. The fourth-order valence-corrected chi connectivity index (χ4v) is 18.0. The highest BCUT2D eigenvalue weighted by atomic mass is 16.5. The van der Waals surface area contributed by atoms with E-state index < -0.39 is 25.6 Å². The molecule has 103 heavy (non-hydrogen) atoms. The van der Waals surface area contributed by atoms with E-state index in [0.29, 0.717) is 34.2 Å². The van der Waals surface area contributed by atoms with Crippen LogP contribution in [-0.2, 0) is 5.41 Å². The standard InChI is InChI=1S/C94H64B3N5O/c1-94(2,3)67-54-82-88-83(55-67)100(70-40-24-10-25-41-70)80-57-81-75(56-74(80)95(88)72-48-63(59-28-12-4-13-29-59)44-46-78(72)98(82)68-36-20-8-21-37-68)97-77-51-66(62-34-18-7-19-35-62)53-87-92(77)102-91-76(50-65(52-86(91)103-87)61-32-16-6-17-33-61)96-73-49-64(60-30-14-5-15-31-60)45-47-79(73)99(69-38-22-9-23-39-69)84-58-85(90(97)93(102)89(84)96)101(81)71-42-26-11-27-43-71/h4-58H,1-3H3/i20D,21D,22D,23D,24D,25D,26D,27D. The minimum Gasteiger partial charge on any atom is -0.453 e. The van der Waals surface area contributed by atoms with Gasteiger partial charge in [0.2, 0.25) is 0 Å². The van der Waals surface area contributed by atoms with Crippen molar-refractivity contribution in [1.29, 1.82) is 0 Å². The van der Waals surface area contributed by atoms with Gasteiger partial charge in [0.05, 0.1) is 22.3 Å². The zero-order chi connectivity index (χ0) is 74.9. The van der Waals surface area contributed by atoms with Crippen molar-refractivity contribution in [2.75, 3.05) is 24.5 Å². The van der Waals surface area contributed by atoms with Crippen molar-refractivity contribution in [3.8, 4) is 56.0 Å². The summed E-state index contributed by atoms with van der Waals surface area (Å²) in [5.41, 5.74) is 29.8. The number of nitrogens with zero attached hydrogens (tertiary/aromatic N) is 5. The topological polar surface area (TPSA) is 25.4 Å². The largest absolute Gasteiger partial charge is 0.453 e. The van der Waals surface area contributed by atoms with Crippen molar-refractivity contribution >= 4 is 155 Å². The zero-order valence-electron chi connectivity index (χ0n) is 64.5. The number of anilines is 15. The molecule has 7 heterocycles. The Morgan fingerprint density at radius 1 is 0.252 bits per heavy atom. The van der Waals surface area contributed by atoms with E-state index in [1.165, 1.54) is 0 Å². The lowest BCUT2D eigenvalue weighted by atomic mass is 9.27. The minimum absolute atomic E-state index is 0.162. The molecular formula is C94H64B3N5O. The maximum Gasteiger partial charge on any atom is 0.252 e. The van der Waals surface area contributed by atoms with Gasteiger partial charge in [-0.15, -0.1) is 0 Å². The van der Waals surface area contributed by atoms with Crippen LogP contribution >= 0.6 is 0 Å². The summed E-state index contributed by atoms with van der Waals surface area (Å²) in [6.45, 7) is 5.13. The number of rotatable bonds is 8. The van der Waals surface area contributed by atoms with Gasteiger partial charge in [-0.05, 0) is 202 Å².